The maximum Gasteiger partial charge on any atom is 0.119 e. The number of aliphatic hydroxyl groups is 1. The molecule has 0 saturated carbocycles. The van der Waals surface area contributed by atoms with E-state index in [1.54, 1.807) is 0 Å². The fourth-order valence-corrected chi connectivity index (χ4v) is 1.61. The van der Waals surface area contributed by atoms with Gasteiger partial charge in [-0.1, -0.05) is 25.1 Å². The Hall–Kier alpha value is -1.10. The first-order valence-corrected chi connectivity index (χ1v) is 6.31. The second-order valence-electron chi connectivity index (χ2n) is 4.46. The number of rotatable bonds is 9. The van der Waals surface area contributed by atoms with E-state index in [0.717, 1.165) is 12.3 Å². The third-order valence-electron chi connectivity index (χ3n) is 2.61. The molecule has 1 rings (SSSR count). The number of nitrogens with one attached hydrogen (secondary N) is 1. The average Bonchev–Trinajstić information content (AvgIpc) is 2.40. The predicted octanol–water partition coefficient (Wildman–Crippen LogP) is 1.44. The van der Waals surface area contributed by atoms with Gasteiger partial charge < -0.3 is 19.9 Å². The van der Waals surface area contributed by atoms with Gasteiger partial charge in [-0.15, -0.1) is 0 Å². The van der Waals surface area contributed by atoms with Crippen LogP contribution in [0.2, 0.25) is 0 Å². The Kier molecular flexibility index (Phi) is 6.72. The zero-order valence-corrected chi connectivity index (χ0v) is 11.2. The highest BCUT2D eigenvalue weighted by Gasteiger charge is 2.21. The Morgan fingerprint density at radius 1 is 1.22 bits per heavy atom. The average molecular weight is 253 g/mol. The molecule has 2 N–H and O–H groups in total. The van der Waals surface area contributed by atoms with Crippen molar-refractivity contribution in [2.45, 2.75) is 19.4 Å². The minimum absolute atomic E-state index is 0.0559. The number of hydrogen-bond acceptors (Lipinski definition) is 4. The van der Waals surface area contributed by atoms with Gasteiger partial charge in [-0.05, 0) is 25.6 Å². The molecule has 18 heavy (non-hydrogen) atoms. The second-order valence-corrected chi connectivity index (χ2v) is 4.46. The molecule has 0 heterocycles. The van der Waals surface area contributed by atoms with Gasteiger partial charge in [-0.3, -0.25) is 0 Å². The van der Waals surface area contributed by atoms with Gasteiger partial charge in [0.2, 0.25) is 0 Å². The standard InChI is InChI=1S/C14H23NO3/c1-3-15-14(2,11-16)12-17-9-10-18-13-7-5-4-6-8-13/h4-8,15-16H,3,9-12H2,1-2H3. The molecule has 1 aromatic carbocycles. The lowest BCUT2D eigenvalue weighted by Crippen LogP contribution is -2.49. The summed E-state index contributed by atoms with van der Waals surface area (Å²) in [7, 11) is 0. The van der Waals surface area contributed by atoms with E-state index in [9.17, 15) is 5.11 Å². The molecular formula is C14H23NO3. The highest BCUT2D eigenvalue weighted by atomic mass is 16.5. The molecule has 0 spiro atoms. The number of ether oxygens (including phenoxy) is 2. The molecular weight excluding hydrogens is 230 g/mol. The summed E-state index contributed by atoms with van der Waals surface area (Å²) in [6.45, 7) is 6.30. The summed E-state index contributed by atoms with van der Waals surface area (Å²) in [5.41, 5.74) is -0.374. The largest absolute Gasteiger partial charge is 0.491 e. The first-order chi connectivity index (χ1) is 8.70. The summed E-state index contributed by atoms with van der Waals surface area (Å²) in [5, 5.41) is 12.5. The third kappa shape index (κ3) is 5.49. The van der Waals surface area contributed by atoms with Crippen LogP contribution in [0.1, 0.15) is 13.8 Å². The summed E-state index contributed by atoms with van der Waals surface area (Å²) in [6, 6.07) is 9.65. The van der Waals surface area contributed by atoms with E-state index in [4.69, 9.17) is 9.47 Å². The molecule has 0 aromatic heterocycles. The summed E-state index contributed by atoms with van der Waals surface area (Å²) in [5.74, 6) is 0.845. The Labute approximate surface area is 109 Å². The molecule has 0 bridgehead atoms. The van der Waals surface area contributed by atoms with E-state index in [1.165, 1.54) is 0 Å². The van der Waals surface area contributed by atoms with Crippen molar-refractivity contribution in [1.82, 2.24) is 5.32 Å². The fraction of sp³-hybridized carbons (Fsp3) is 0.571. The second kappa shape index (κ2) is 8.08. The number of hydrogen-bond donors (Lipinski definition) is 2. The lowest BCUT2D eigenvalue weighted by atomic mass is 10.1. The van der Waals surface area contributed by atoms with Gasteiger partial charge >= 0.3 is 0 Å². The van der Waals surface area contributed by atoms with E-state index >= 15 is 0 Å². The molecule has 0 aliphatic carbocycles. The fourth-order valence-electron chi connectivity index (χ4n) is 1.61. The van der Waals surface area contributed by atoms with Gasteiger partial charge in [-0.2, -0.15) is 0 Å². The summed E-state index contributed by atoms with van der Waals surface area (Å²) < 4.78 is 11.0. The van der Waals surface area contributed by atoms with Crippen molar-refractivity contribution in [2.24, 2.45) is 0 Å². The number of likely N-dealkylation sites (N-methyl/N-ethyl adjacent to an activating group) is 1. The Morgan fingerprint density at radius 2 is 1.94 bits per heavy atom. The topological polar surface area (TPSA) is 50.7 Å². The van der Waals surface area contributed by atoms with Crippen LogP contribution in [0.25, 0.3) is 0 Å². The smallest absolute Gasteiger partial charge is 0.119 e. The summed E-state index contributed by atoms with van der Waals surface area (Å²) in [4.78, 5) is 0. The van der Waals surface area contributed by atoms with Crippen molar-refractivity contribution < 1.29 is 14.6 Å². The van der Waals surface area contributed by atoms with Crippen LogP contribution < -0.4 is 10.1 Å². The van der Waals surface area contributed by atoms with E-state index in [2.05, 4.69) is 5.32 Å². The molecule has 4 nitrogen and oxygen atoms in total. The number of aliphatic hydroxyl groups excluding tert-OH is 1. The van der Waals surface area contributed by atoms with Gasteiger partial charge in [0.15, 0.2) is 0 Å². The lowest BCUT2D eigenvalue weighted by molar-refractivity contribution is 0.0321. The van der Waals surface area contributed by atoms with Gasteiger partial charge in [0.1, 0.15) is 12.4 Å². The Morgan fingerprint density at radius 3 is 2.56 bits per heavy atom. The molecule has 0 amide bonds. The van der Waals surface area contributed by atoms with Crippen molar-refractivity contribution in [3.05, 3.63) is 30.3 Å². The zero-order chi connectivity index (χ0) is 13.3. The van der Waals surface area contributed by atoms with Crippen LogP contribution in [0.4, 0.5) is 0 Å². The van der Waals surface area contributed by atoms with Crippen molar-refractivity contribution in [2.75, 3.05) is 33.0 Å². The minimum atomic E-state index is -0.374. The van der Waals surface area contributed by atoms with Crippen molar-refractivity contribution in [3.8, 4) is 5.75 Å². The summed E-state index contributed by atoms with van der Waals surface area (Å²) in [6.07, 6.45) is 0. The molecule has 102 valence electrons. The van der Waals surface area contributed by atoms with Crippen LogP contribution in [0.15, 0.2) is 30.3 Å². The maximum absolute atomic E-state index is 9.28. The molecule has 0 radical (unpaired) electrons. The monoisotopic (exact) mass is 253 g/mol. The highest BCUT2D eigenvalue weighted by molar-refractivity contribution is 5.20. The van der Waals surface area contributed by atoms with Crippen molar-refractivity contribution in [1.29, 1.82) is 0 Å². The Balaban J connectivity index is 2.15. The van der Waals surface area contributed by atoms with E-state index < -0.39 is 0 Å². The first-order valence-electron chi connectivity index (χ1n) is 6.31. The van der Waals surface area contributed by atoms with Crippen LogP contribution >= 0.6 is 0 Å². The summed E-state index contributed by atoms with van der Waals surface area (Å²) >= 11 is 0. The molecule has 4 heteroatoms. The first kappa shape index (κ1) is 15.0. The number of benzene rings is 1. The molecule has 0 fully saturated rings. The molecule has 0 saturated heterocycles. The quantitative estimate of drug-likeness (QED) is 0.654. The van der Waals surface area contributed by atoms with E-state index in [1.807, 2.05) is 44.2 Å². The normalized spacial score (nSPS) is 14.2. The van der Waals surface area contributed by atoms with E-state index in [-0.39, 0.29) is 12.1 Å². The maximum atomic E-state index is 9.28. The van der Waals surface area contributed by atoms with Crippen molar-refractivity contribution in [3.63, 3.8) is 0 Å². The molecule has 1 aromatic rings. The lowest BCUT2D eigenvalue weighted by Gasteiger charge is -2.27. The van der Waals surface area contributed by atoms with Gasteiger partial charge in [0.05, 0.1) is 25.4 Å². The molecule has 1 unspecified atom stereocenters. The Bertz CT molecular complexity index is 318. The van der Waals surface area contributed by atoms with Crippen LogP contribution in [0.3, 0.4) is 0 Å². The third-order valence-corrected chi connectivity index (χ3v) is 2.61. The van der Waals surface area contributed by atoms with Crippen LogP contribution in [0.5, 0.6) is 5.75 Å². The molecule has 1 atom stereocenters. The van der Waals surface area contributed by atoms with Crippen LogP contribution in [-0.4, -0.2) is 43.6 Å². The van der Waals surface area contributed by atoms with Gasteiger partial charge in [0, 0.05) is 0 Å². The van der Waals surface area contributed by atoms with Crippen molar-refractivity contribution >= 4 is 0 Å². The van der Waals surface area contributed by atoms with Gasteiger partial charge in [-0.25, -0.2) is 0 Å². The minimum Gasteiger partial charge on any atom is -0.491 e. The SMILES string of the molecule is CCNC(C)(CO)COCCOc1ccccc1. The zero-order valence-electron chi connectivity index (χ0n) is 11.2. The van der Waals surface area contributed by atoms with E-state index in [0.29, 0.717) is 19.8 Å². The predicted molar refractivity (Wildman–Crippen MR) is 71.9 cm³/mol. The highest BCUT2D eigenvalue weighted by Crippen LogP contribution is 2.08. The molecule has 0 aliphatic rings. The number of para-hydroxylation sites is 1. The van der Waals surface area contributed by atoms with Crippen LogP contribution in [0, 0.1) is 0 Å². The van der Waals surface area contributed by atoms with Crippen LogP contribution in [-0.2, 0) is 4.74 Å². The van der Waals surface area contributed by atoms with Gasteiger partial charge in [0.25, 0.3) is 0 Å². The molecule has 0 aliphatic heterocycles.